The molecule has 0 spiro atoms. The Morgan fingerprint density at radius 2 is 1.91 bits per heavy atom. The molecule has 6 heteroatoms. The average Bonchev–Trinajstić information content (AvgIpc) is 3.10. The molecular formula is C16H20N2O3S. The number of carbonyl (C=O) groups excluding carboxylic acids is 1. The second kappa shape index (κ2) is 5.85. The first kappa shape index (κ1) is 15.2. The molecule has 1 fully saturated rings. The van der Waals surface area contributed by atoms with Gasteiger partial charge in [0.15, 0.2) is 0 Å². The minimum atomic E-state index is -3.45. The number of carbonyl (C=O) groups is 1. The van der Waals surface area contributed by atoms with Gasteiger partial charge in [-0.25, -0.2) is 13.1 Å². The van der Waals surface area contributed by atoms with E-state index in [1.807, 2.05) is 0 Å². The third-order valence-corrected chi connectivity index (χ3v) is 5.94. The summed E-state index contributed by atoms with van der Waals surface area (Å²) in [6.07, 6.45) is 6.34. The van der Waals surface area contributed by atoms with Crippen LogP contribution in [0.15, 0.2) is 41.3 Å². The number of hydrogen-bond donors (Lipinski definition) is 2. The highest BCUT2D eigenvalue weighted by Crippen LogP contribution is 2.43. The SMILES string of the molecule is CCNS(=O)(=O)c1ccc(NC(=O)[C@@H]2C[C@@H]3C=C[C@H]2C3)cc1. The molecule has 2 bridgehead atoms. The topological polar surface area (TPSA) is 75.3 Å². The van der Waals surface area contributed by atoms with Gasteiger partial charge in [0.25, 0.3) is 0 Å². The van der Waals surface area contributed by atoms with Crippen molar-refractivity contribution in [2.75, 3.05) is 11.9 Å². The van der Waals surface area contributed by atoms with Crippen molar-refractivity contribution in [3.8, 4) is 0 Å². The summed E-state index contributed by atoms with van der Waals surface area (Å²) in [6, 6.07) is 6.28. The van der Waals surface area contributed by atoms with E-state index in [-0.39, 0.29) is 16.7 Å². The van der Waals surface area contributed by atoms with Crippen molar-refractivity contribution in [2.45, 2.75) is 24.7 Å². The Hall–Kier alpha value is -1.66. The Kier molecular flexibility index (Phi) is 4.06. The van der Waals surface area contributed by atoms with E-state index in [2.05, 4.69) is 22.2 Å². The molecule has 1 amide bonds. The molecule has 1 saturated carbocycles. The zero-order chi connectivity index (χ0) is 15.7. The van der Waals surface area contributed by atoms with Crippen LogP contribution in [0.2, 0.25) is 0 Å². The van der Waals surface area contributed by atoms with Crippen LogP contribution >= 0.6 is 0 Å². The maximum Gasteiger partial charge on any atom is 0.240 e. The molecule has 3 rings (SSSR count). The molecule has 0 aromatic heterocycles. The van der Waals surface area contributed by atoms with Crippen LogP contribution in [0.25, 0.3) is 0 Å². The van der Waals surface area contributed by atoms with Crippen molar-refractivity contribution in [1.29, 1.82) is 0 Å². The lowest BCUT2D eigenvalue weighted by Gasteiger charge is -2.17. The first-order valence-electron chi connectivity index (χ1n) is 7.58. The van der Waals surface area contributed by atoms with Crippen molar-refractivity contribution in [3.05, 3.63) is 36.4 Å². The molecule has 0 heterocycles. The number of allylic oxidation sites excluding steroid dienone is 2. The lowest BCUT2D eigenvalue weighted by atomic mass is 9.93. The van der Waals surface area contributed by atoms with E-state index >= 15 is 0 Å². The van der Waals surface area contributed by atoms with Gasteiger partial charge < -0.3 is 5.32 Å². The molecule has 118 valence electrons. The number of fused-ring (bicyclic) bond motifs is 2. The zero-order valence-electron chi connectivity index (χ0n) is 12.5. The number of benzene rings is 1. The van der Waals surface area contributed by atoms with E-state index in [1.165, 1.54) is 12.1 Å². The van der Waals surface area contributed by atoms with E-state index in [0.717, 1.165) is 12.8 Å². The summed E-state index contributed by atoms with van der Waals surface area (Å²) < 4.78 is 26.1. The van der Waals surface area contributed by atoms with Crippen LogP contribution in [-0.2, 0) is 14.8 Å². The van der Waals surface area contributed by atoms with Gasteiger partial charge in [0.05, 0.1) is 4.90 Å². The van der Waals surface area contributed by atoms with Gasteiger partial charge in [-0.1, -0.05) is 19.1 Å². The maximum absolute atomic E-state index is 12.3. The molecule has 1 aromatic rings. The second-order valence-corrected chi connectivity index (χ2v) is 7.67. The minimum Gasteiger partial charge on any atom is -0.326 e. The third-order valence-electron chi connectivity index (χ3n) is 4.38. The van der Waals surface area contributed by atoms with Gasteiger partial charge in [0.2, 0.25) is 15.9 Å². The smallest absolute Gasteiger partial charge is 0.240 e. The average molecular weight is 320 g/mol. The number of sulfonamides is 1. The van der Waals surface area contributed by atoms with Crippen molar-refractivity contribution < 1.29 is 13.2 Å². The Morgan fingerprint density at radius 3 is 2.45 bits per heavy atom. The van der Waals surface area contributed by atoms with Crippen molar-refractivity contribution >= 4 is 21.6 Å². The lowest BCUT2D eigenvalue weighted by molar-refractivity contribution is -0.120. The van der Waals surface area contributed by atoms with Gasteiger partial charge in [-0.3, -0.25) is 4.79 Å². The third kappa shape index (κ3) is 2.94. The first-order valence-corrected chi connectivity index (χ1v) is 9.07. The second-order valence-electron chi connectivity index (χ2n) is 5.90. The molecule has 2 aliphatic rings. The number of hydrogen-bond acceptors (Lipinski definition) is 3. The fourth-order valence-corrected chi connectivity index (χ4v) is 4.35. The highest BCUT2D eigenvalue weighted by Gasteiger charge is 2.39. The Morgan fingerprint density at radius 1 is 1.18 bits per heavy atom. The van der Waals surface area contributed by atoms with E-state index in [0.29, 0.717) is 24.1 Å². The molecule has 2 N–H and O–H groups in total. The number of rotatable bonds is 5. The molecule has 3 atom stereocenters. The van der Waals surface area contributed by atoms with Crippen LogP contribution in [0.1, 0.15) is 19.8 Å². The van der Waals surface area contributed by atoms with Gasteiger partial charge in [-0.15, -0.1) is 0 Å². The molecular weight excluding hydrogens is 300 g/mol. The summed E-state index contributed by atoms with van der Waals surface area (Å²) in [7, 11) is -3.45. The Balaban J connectivity index is 1.66. The predicted octanol–water partition coefficient (Wildman–Crippen LogP) is 2.14. The van der Waals surface area contributed by atoms with E-state index in [4.69, 9.17) is 0 Å². The molecule has 1 aromatic carbocycles. The van der Waals surface area contributed by atoms with Crippen LogP contribution in [0.4, 0.5) is 5.69 Å². The largest absolute Gasteiger partial charge is 0.326 e. The highest BCUT2D eigenvalue weighted by atomic mass is 32.2. The minimum absolute atomic E-state index is 0.0270. The summed E-state index contributed by atoms with van der Waals surface area (Å²) in [5, 5.41) is 2.89. The van der Waals surface area contributed by atoms with Crippen LogP contribution in [0, 0.1) is 17.8 Å². The van der Waals surface area contributed by atoms with E-state index in [1.54, 1.807) is 19.1 Å². The molecule has 0 aliphatic heterocycles. The van der Waals surface area contributed by atoms with Gasteiger partial charge in [-0.2, -0.15) is 0 Å². The van der Waals surface area contributed by atoms with E-state index in [9.17, 15) is 13.2 Å². The van der Waals surface area contributed by atoms with E-state index < -0.39 is 10.0 Å². The first-order chi connectivity index (χ1) is 10.5. The van der Waals surface area contributed by atoms with Crippen molar-refractivity contribution in [1.82, 2.24) is 4.72 Å². The van der Waals surface area contributed by atoms with Gasteiger partial charge in [0.1, 0.15) is 0 Å². The Labute approximate surface area is 130 Å². The van der Waals surface area contributed by atoms with Crippen molar-refractivity contribution in [3.63, 3.8) is 0 Å². The molecule has 0 saturated heterocycles. The summed E-state index contributed by atoms with van der Waals surface area (Å²) >= 11 is 0. The molecule has 0 unspecified atom stereocenters. The normalized spacial score (nSPS) is 26.3. The summed E-state index contributed by atoms with van der Waals surface area (Å²) in [5.74, 6) is 0.978. The monoisotopic (exact) mass is 320 g/mol. The molecule has 22 heavy (non-hydrogen) atoms. The summed E-state index contributed by atoms with van der Waals surface area (Å²) in [6.45, 7) is 2.08. The number of amides is 1. The fraction of sp³-hybridized carbons (Fsp3) is 0.438. The summed E-state index contributed by atoms with van der Waals surface area (Å²) in [5.41, 5.74) is 0.632. The Bertz CT molecular complexity index is 695. The van der Waals surface area contributed by atoms with Crippen LogP contribution in [0.3, 0.4) is 0 Å². The van der Waals surface area contributed by atoms with Gasteiger partial charge >= 0.3 is 0 Å². The van der Waals surface area contributed by atoms with Crippen LogP contribution in [0.5, 0.6) is 0 Å². The van der Waals surface area contributed by atoms with Crippen LogP contribution < -0.4 is 10.0 Å². The fourth-order valence-electron chi connectivity index (χ4n) is 3.31. The zero-order valence-corrected chi connectivity index (χ0v) is 13.3. The maximum atomic E-state index is 12.3. The predicted molar refractivity (Wildman–Crippen MR) is 84.8 cm³/mol. The highest BCUT2D eigenvalue weighted by molar-refractivity contribution is 7.89. The quantitative estimate of drug-likeness (QED) is 0.816. The van der Waals surface area contributed by atoms with Gasteiger partial charge in [-0.05, 0) is 48.9 Å². The van der Waals surface area contributed by atoms with Crippen LogP contribution in [-0.4, -0.2) is 20.9 Å². The number of nitrogens with one attached hydrogen (secondary N) is 2. The van der Waals surface area contributed by atoms with Crippen molar-refractivity contribution in [2.24, 2.45) is 17.8 Å². The summed E-state index contributed by atoms with van der Waals surface area (Å²) in [4.78, 5) is 12.5. The van der Waals surface area contributed by atoms with Gasteiger partial charge in [0, 0.05) is 18.2 Å². The molecule has 5 nitrogen and oxygen atoms in total. The number of anilines is 1. The lowest BCUT2D eigenvalue weighted by Crippen LogP contribution is -2.26. The standard InChI is InChI=1S/C16H20N2O3S/c1-2-17-22(20,21)14-7-5-13(6-8-14)18-16(19)15-10-11-3-4-12(15)9-11/h3-8,11-12,15,17H,2,9-10H2,1H3,(H,18,19)/t11-,12+,15-/m1/s1. The molecule has 0 radical (unpaired) electrons. The molecule has 2 aliphatic carbocycles.